The third kappa shape index (κ3) is 2.55. The summed E-state index contributed by atoms with van der Waals surface area (Å²) in [5.41, 5.74) is -0.438. The van der Waals surface area contributed by atoms with Crippen LogP contribution in [0.1, 0.15) is 17.4 Å². The van der Waals surface area contributed by atoms with Crippen LogP contribution in [0.3, 0.4) is 0 Å². The van der Waals surface area contributed by atoms with Crippen LogP contribution in [0.15, 0.2) is 24.3 Å². The Morgan fingerprint density at radius 1 is 1.37 bits per heavy atom. The zero-order valence-electron chi connectivity index (χ0n) is 9.78. The van der Waals surface area contributed by atoms with Gasteiger partial charge in [0.1, 0.15) is 5.69 Å². The molecule has 0 fully saturated rings. The third-order valence-corrected chi connectivity index (χ3v) is 2.69. The summed E-state index contributed by atoms with van der Waals surface area (Å²) in [7, 11) is 1.11. The minimum absolute atomic E-state index is 0.173. The highest BCUT2D eigenvalue weighted by molar-refractivity contribution is 5.84. The van der Waals surface area contributed by atoms with Gasteiger partial charge in [-0.2, -0.15) is 13.2 Å². The summed E-state index contributed by atoms with van der Waals surface area (Å²) in [4.78, 5) is 13.4. The highest BCUT2D eigenvalue weighted by Crippen LogP contribution is 2.32. The maximum Gasteiger partial charge on any atom is 0.431 e. The van der Waals surface area contributed by atoms with Gasteiger partial charge in [-0.15, -0.1) is 0 Å². The third-order valence-electron chi connectivity index (χ3n) is 2.69. The molecule has 1 heterocycles. The molecule has 19 heavy (non-hydrogen) atoms. The molecule has 2 N–H and O–H groups in total. The Morgan fingerprint density at radius 2 is 2.05 bits per heavy atom. The predicted molar refractivity (Wildman–Crippen MR) is 60.3 cm³/mol. The van der Waals surface area contributed by atoms with Crippen LogP contribution in [0.25, 0.3) is 10.9 Å². The van der Waals surface area contributed by atoms with E-state index < -0.39 is 23.9 Å². The molecule has 0 spiro atoms. The van der Waals surface area contributed by atoms with Gasteiger partial charge in [0, 0.05) is 10.9 Å². The quantitative estimate of drug-likeness (QED) is 0.826. The van der Waals surface area contributed by atoms with Crippen LogP contribution in [0.5, 0.6) is 0 Å². The Hall–Kier alpha value is -2.02. The molecule has 0 aliphatic heterocycles. The minimum Gasteiger partial charge on any atom is -0.467 e. The summed E-state index contributed by atoms with van der Waals surface area (Å²) in [5.74, 6) is -0.870. The molecule has 7 heteroatoms. The number of fused-ring (bicyclic) bond motifs is 1. The van der Waals surface area contributed by atoms with Gasteiger partial charge in [-0.3, -0.25) is 0 Å². The second kappa shape index (κ2) is 4.58. The Bertz CT molecular complexity index is 618. The summed E-state index contributed by atoms with van der Waals surface area (Å²) in [6.45, 7) is 0. The molecule has 1 atom stereocenters. The van der Waals surface area contributed by atoms with Crippen molar-refractivity contribution in [2.24, 2.45) is 0 Å². The number of esters is 1. The van der Waals surface area contributed by atoms with E-state index in [1.807, 2.05) is 0 Å². The number of nitrogens with one attached hydrogen (secondary N) is 1. The number of aromatic amines is 1. The highest BCUT2D eigenvalue weighted by Gasteiger charge is 2.32. The van der Waals surface area contributed by atoms with E-state index in [1.54, 1.807) is 0 Å². The molecule has 102 valence electrons. The number of halogens is 3. The summed E-state index contributed by atoms with van der Waals surface area (Å²) >= 11 is 0. The minimum atomic E-state index is -4.47. The number of carbonyl (C=O) groups is 1. The van der Waals surface area contributed by atoms with Crippen molar-refractivity contribution in [2.45, 2.75) is 12.3 Å². The molecule has 0 aliphatic carbocycles. The van der Waals surface area contributed by atoms with E-state index in [9.17, 15) is 23.1 Å². The number of alkyl halides is 3. The zero-order chi connectivity index (χ0) is 14.2. The number of methoxy groups -OCH3 is 1. The SMILES string of the molecule is COC(=O)C(O)c1ccc2[nH]c(C(F)(F)F)cc2c1. The van der Waals surface area contributed by atoms with Gasteiger partial charge in [-0.1, -0.05) is 6.07 Å². The highest BCUT2D eigenvalue weighted by atomic mass is 19.4. The van der Waals surface area contributed by atoms with Gasteiger partial charge < -0.3 is 14.8 Å². The number of hydrogen-bond acceptors (Lipinski definition) is 3. The second-order valence-electron chi connectivity index (χ2n) is 3.95. The number of H-pyrrole nitrogens is 1. The lowest BCUT2D eigenvalue weighted by atomic mass is 10.1. The lowest BCUT2D eigenvalue weighted by Crippen LogP contribution is -2.13. The Labute approximate surface area is 105 Å². The number of carbonyl (C=O) groups excluding carboxylic acids is 1. The maximum absolute atomic E-state index is 12.5. The number of aliphatic hydroxyl groups is 1. The Balaban J connectivity index is 2.43. The molecule has 0 radical (unpaired) electrons. The van der Waals surface area contributed by atoms with Crippen LogP contribution in [0.4, 0.5) is 13.2 Å². The molecule has 0 saturated heterocycles. The number of ether oxygens (including phenoxy) is 1. The van der Waals surface area contributed by atoms with Crippen molar-refractivity contribution in [3.8, 4) is 0 Å². The summed E-state index contributed by atoms with van der Waals surface area (Å²) in [5, 5.41) is 9.87. The topological polar surface area (TPSA) is 62.3 Å². The first-order chi connectivity index (χ1) is 8.82. The molecule has 0 amide bonds. The van der Waals surface area contributed by atoms with Crippen molar-refractivity contribution in [1.29, 1.82) is 0 Å². The summed E-state index contributed by atoms with van der Waals surface area (Å²) < 4.78 is 41.9. The first-order valence-corrected chi connectivity index (χ1v) is 5.28. The smallest absolute Gasteiger partial charge is 0.431 e. The van der Waals surface area contributed by atoms with Gasteiger partial charge in [0.15, 0.2) is 6.10 Å². The molecule has 2 aromatic rings. The van der Waals surface area contributed by atoms with E-state index in [0.717, 1.165) is 13.2 Å². The number of aliphatic hydroxyl groups excluding tert-OH is 1. The summed E-state index contributed by atoms with van der Waals surface area (Å²) in [6.07, 6.45) is -5.99. The van der Waals surface area contributed by atoms with Crippen molar-refractivity contribution in [1.82, 2.24) is 4.98 Å². The van der Waals surface area contributed by atoms with Gasteiger partial charge >= 0.3 is 12.1 Å². The Morgan fingerprint density at radius 3 is 2.63 bits per heavy atom. The van der Waals surface area contributed by atoms with E-state index in [0.29, 0.717) is 0 Å². The van der Waals surface area contributed by atoms with Crippen molar-refractivity contribution >= 4 is 16.9 Å². The first-order valence-electron chi connectivity index (χ1n) is 5.28. The lowest BCUT2D eigenvalue weighted by Gasteiger charge is -2.08. The molecule has 1 aromatic carbocycles. The second-order valence-corrected chi connectivity index (χ2v) is 3.95. The van der Waals surface area contributed by atoms with E-state index in [-0.39, 0.29) is 16.5 Å². The zero-order valence-corrected chi connectivity index (χ0v) is 9.78. The average molecular weight is 273 g/mol. The van der Waals surface area contributed by atoms with Crippen LogP contribution < -0.4 is 0 Å². The molecule has 1 aromatic heterocycles. The van der Waals surface area contributed by atoms with Crippen molar-refractivity contribution in [3.63, 3.8) is 0 Å². The monoisotopic (exact) mass is 273 g/mol. The van der Waals surface area contributed by atoms with E-state index in [2.05, 4.69) is 9.72 Å². The average Bonchev–Trinajstić information content (AvgIpc) is 2.79. The van der Waals surface area contributed by atoms with Crippen LogP contribution in [0.2, 0.25) is 0 Å². The molecule has 0 aliphatic rings. The molecular weight excluding hydrogens is 263 g/mol. The van der Waals surface area contributed by atoms with Crippen LogP contribution >= 0.6 is 0 Å². The van der Waals surface area contributed by atoms with Crippen molar-refractivity contribution in [3.05, 3.63) is 35.5 Å². The van der Waals surface area contributed by atoms with Crippen molar-refractivity contribution < 1.29 is 27.8 Å². The van der Waals surface area contributed by atoms with E-state index in [1.165, 1.54) is 18.2 Å². The predicted octanol–water partition coefficient (Wildman–Crippen LogP) is 2.39. The number of benzene rings is 1. The van der Waals surface area contributed by atoms with Crippen LogP contribution in [0, 0.1) is 0 Å². The molecular formula is C12H10F3NO3. The van der Waals surface area contributed by atoms with Crippen molar-refractivity contribution in [2.75, 3.05) is 7.11 Å². The fourth-order valence-electron chi connectivity index (χ4n) is 1.72. The fourth-order valence-corrected chi connectivity index (χ4v) is 1.72. The number of aromatic nitrogens is 1. The Kier molecular flexibility index (Phi) is 3.23. The van der Waals surface area contributed by atoms with E-state index in [4.69, 9.17) is 0 Å². The van der Waals surface area contributed by atoms with E-state index >= 15 is 0 Å². The molecule has 2 rings (SSSR count). The standard InChI is InChI=1S/C12H10F3NO3/c1-19-11(18)10(17)6-2-3-8-7(4-6)5-9(16-8)12(13,14)15/h2-5,10,16-17H,1H3. The lowest BCUT2D eigenvalue weighted by molar-refractivity contribution is -0.150. The van der Waals surface area contributed by atoms with Gasteiger partial charge in [-0.25, -0.2) is 4.79 Å². The largest absolute Gasteiger partial charge is 0.467 e. The van der Waals surface area contributed by atoms with Gasteiger partial charge in [-0.05, 0) is 23.8 Å². The summed E-state index contributed by atoms with van der Waals surface area (Å²) in [6, 6.07) is 4.96. The number of rotatable bonds is 2. The fraction of sp³-hybridized carbons (Fsp3) is 0.250. The molecule has 0 saturated carbocycles. The normalized spacial score (nSPS) is 13.5. The van der Waals surface area contributed by atoms with Gasteiger partial charge in [0.05, 0.1) is 7.11 Å². The number of hydrogen-bond donors (Lipinski definition) is 2. The van der Waals surface area contributed by atoms with Crippen LogP contribution in [-0.2, 0) is 15.7 Å². The van der Waals surface area contributed by atoms with Gasteiger partial charge in [0.25, 0.3) is 0 Å². The first kappa shape index (κ1) is 13.4. The maximum atomic E-state index is 12.5. The molecule has 4 nitrogen and oxygen atoms in total. The van der Waals surface area contributed by atoms with Crippen LogP contribution in [-0.4, -0.2) is 23.2 Å². The van der Waals surface area contributed by atoms with Gasteiger partial charge in [0.2, 0.25) is 0 Å². The molecule has 1 unspecified atom stereocenters. The molecule has 0 bridgehead atoms.